The number of aryl methyl sites for hydroxylation is 1. The zero-order valence-corrected chi connectivity index (χ0v) is 12.4. The Labute approximate surface area is 116 Å². The number of unbranched alkanes of at least 4 members (excludes halogenated alkanes) is 1. The molecule has 0 aliphatic carbocycles. The van der Waals surface area contributed by atoms with Gasteiger partial charge in [0, 0.05) is 28.6 Å². The third-order valence-corrected chi connectivity index (χ3v) is 3.97. The van der Waals surface area contributed by atoms with Crippen molar-refractivity contribution in [3.05, 3.63) is 39.7 Å². The minimum atomic E-state index is 1.06. The number of hydrogen-bond donors (Lipinski definition) is 0. The molecule has 0 saturated carbocycles. The molecule has 0 N–H and O–H groups in total. The number of aromatic nitrogens is 2. The molecule has 0 aliphatic heterocycles. The standard InChI is InChI=1S/C14H17IN2/c1-3-4-6-11-12(7-5-8-13(11)15)14-16-9-10-17(14)2/h5,7-10H,3-4,6H2,1-2H3. The van der Waals surface area contributed by atoms with Gasteiger partial charge in [-0.15, -0.1) is 0 Å². The van der Waals surface area contributed by atoms with Crippen LogP contribution in [0.25, 0.3) is 11.4 Å². The maximum Gasteiger partial charge on any atom is 0.139 e. The molecule has 0 saturated heterocycles. The highest BCUT2D eigenvalue weighted by Crippen LogP contribution is 2.27. The molecule has 90 valence electrons. The first-order chi connectivity index (χ1) is 8.24. The second-order valence-corrected chi connectivity index (χ2v) is 5.39. The van der Waals surface area contributed by atoms with E-state index in [4.69, 9.17) is 0 Å². The molecule has 0 radical (unpaired) electrons. The Hall–Kier alpha value is -0.840. The van der Waals surface area contributed by atoms with Crippen molar-refractivity contribution in [1.29, 1.82) is 0 Å². The summed E-state index contributed by atoms with van der Waals surface area (Å²) in [5.41, 5.74) is 2.71. The molecule has 0 spiro atoms. The van der Waals surface area contributed by atoms with E-state index in [9.17, 15) is 0 Å². The van der Waals surface area contributed by atoms with E-state index in [1.807, 2.05) is 19.4 Å². The lowest BCUT2D eigenvalue weighted by atomic mass is 10.0. The van der Waals surface area contributed by atoms with Gasteiger partial charge in [0.05, 0.1) is 0 Å². The summed E-state index contributed by atoms with van der Waals surface area (Å²) in [6.45, 7) is 2.23. The van der Waals surface area contributed by atoms with Crippen molar-refractivity contribution in [2.24, 2.45) is 7.05 Å². The Morgan fingerprint density at radius 3 is 2.82 bits per heavy atom. The summed E-state index contributed by atoms with van der Waals surface area (Å²) in [5, 5.41) is 0. The number of hydrogen-bond acceptors (Lipinski definition) is 1. The van der Waals surface area contributed by atoms with Crippen LogP contribution in [0.2, 0.25) is 0 Å². The minimum absolute atomic E-state index is 1.06. The SMILES string of the molecule is CCCCc1c(I)cccc1-c1nccn1C. The Morgan fingerprint density at radius 2 is 2.18 bits per heavy atom. The molecular formula is C14H17IN2. The van der Waals surface area contributed by atoms with Crippen LogP contribution in [0.3, 0.4) is 0 Å². The van der Waals surface area contributed by atoms with Gasteiger partial charge in [0.2, 0.25) is 0 Å². The molecule has 0 aliphatic rings. The lowest BCUT2D eigenvalue weighted by molar-refractivity contribution is 0.791. The van der Waals surface area contributed by atoms with Crippen molar-refractivity contribution in [1.82, 2.24) is 9.55 Å². The van der Waals surface area contributed by atoms with E-state index < -0.39 is 0 Å². The van der Waals surface area contributed by atoms with Crippen molar-refractivity contribution >= 4 is 22.6 Å². The van der Waals surface area contributed by atoms with Gasteiger partial charge in [0.15, 0.2) is 0 Å². The highest BCUT2D eigenvalue weighted by atomic mass is 127. The van der Waals surface area contributed by atoms with Crippen molar-refractivity contribution in [2.45, 2.75) is 26.2 Å². The molecule has 2 nitrogen and oxygen atoms in total. The van der Waals surface area contributed by atoms with Crippen molar-refractivity contribution in [3.63, 3.8) is 0 Å². The van der Waals surface area contributed by atoms with Crippen molar-refractivity contribution in [3.8, 4) is 11.4 Å². The van der Waals surface area contributed by atoms with Crippen LogP contribution in [-0.2, 0) is 13.5 Å². The van der Waals surface area contributed by atoms with E-state index in [1.54, 1.807) is 0 Å². The number of benzene rings is 1. The average Bonchev–Trinajstić information content (AvgIpc) is 2.73. The Bertz CT molecular complexity index is 503. The van der Waals surface area contributed by atoms with Crippen LogP contribution in [0.4, 0.5) is 0 Å². The van der Waals surface area contributed by atoms with Gasteiger partial charge >= 0.3 is 0 Å². The fraction of sp³-hybridized carbons (Fsp3) is 0.357. The van der Waals surface area contributed by atoms with Crippen LogP contribution in [0.1, 0.15) is 25.3 Å². The van der Waals surface area contributed by atoms with Gasteiger partial charge < -0.3 is 4.57 Å². The first-order valence-electron chi connectivity index (χ1n) is 5.99. The summed E-state index contributed by atoms with van der Waals surface area (Å²) in [4.78, 5) is 4.46. The van der Waals surface area contributed by atoms with Crippen LogP contribution in [0, 0.1) is 3.57 Å². The number of halogens is 1. The first kappa shape index (κ1) is 12.6. The molecule has 3 heteroatoms. The topological polar surface area (TPSA) is 17.8 Å². The molecule has 1 heterocycles. The van der Waals surface area contributed by atoms with E-state index in [1.165, 1.54) is 27.5 Å². The maximum absolute atomic E-state index is 4.46. The molecule has 2 rings (SSSR count). The highest BCUT2D eigenvalue weighted by Gasteiger charge is 2.11. The zero-order valence-electron chi connectivity index (χ0n) is 10.3. The predicted molar refractivity (Wildman–Crippen MR) is 80.0 cm³/mol. The van der Waals surface area contributed by atoms with E-state index in [2.05, 4.69) is 57.3 Å². The summed E-state index contributed by atoms with van der Waals surface area (Å²) < 4.78 is 3.43. The van der Waals surface area contributed by atoms with Crippen LogP contribution in [-0.4, -0.2) is 9.55 Å². The summed E-state index contributed by atoms with van der Waals surface area (Å²) in [5.74, 6) is 1.06. The molecule has 0 unspecified atom stereocenters. The average molecular weight is 340 g/mol. The van der Waals surface area contributed by atoms with E-state index in [-0.39, 0.29) is 0 Å². The fourth-order valence-corrected chi connectivity index (χ4v) is 2.77. The first-order valence-corrected chi connectivity index (χ1v) is 7.07. The lowest BCUT2D eigenvalue weighted by Crippen LogP contribution is -1.98. The molecule has 0 fully saturated rings. The Balaban J connectivity index is 2.46. The van der Waals surface area contributed by atoms with Crippen LogP contribution >= 0.6 is 22.6 Å². The molecule has 17 heavy (non-hydrogen) atoms. The Kier molecular flexibility index (Phi) is 4.20. The summed E-state index contributed by atoms with van der Waals surface area (Å²) >= 11 is 2.43. The third-order valence-electron chi connectivity index (χ3n) is 2.96. The summed E-state index contributed by atoms with van der Waals surface area (Å²) in [7, 11) is 2.05. The van der Waals surface area contributed by atoms with E-state index >= 15 is 0 Å². The third kappa shape index (κ3) is 2.70. The van der Waals surface area contributed by atoms with E-state index in [0.717, 1.165) is 12.2 Å². The molecule has 1 aromatic carbocycles. The molecule has 0 amide bonds. The normalized spacial score (nSPS) is 10.8. The smallest absolute Gasteiger partial charge is 0.139 e. The van der Waals surface area contributed by atoms with Gasteiger partial charge in [-0.25, -0.2) is 4.98 Å². The van der Waals surface area contributed by atoms with Gasteiger partial charge in [-0.05, 0) is 47.1 Å². The summed E-state index contributed by atoms with van der Waals surface area (Å²) in [6.07, 6.45) is 7.46. The van der Waals surface area contributed by atoms with Crippen LogP contribution in [0.15, 0.2) is 30.6 Å². The largest absolute Gasteiger partial charge is 0.334 e. The van der Waals surface area contributed by atoms with Crippen molar-refractivity contribution < 1.29 is 0 Å². The second-order valence-electron chi connectivity index (χ2n) is 4.23. The van der Waals surface area contributed by atoms with E-state index in [0.29, 0.717) is 0 Å². The van der Waals surface area contributed by atoms with Crippen LogP contribution in [0.5, 0.6) is 0 Å². The van der Waals surface area contributed by atoms with Crippen LogP contribution < -0.4 is 0 Å². The van der Waals surface area contributed by atoms with Gasteiger partial charge in [-0.2, -0.15) is 0 Å². The number of imidazole rings is 1. The fourth-order valence-electron chi connectivity index (χ4n) is 2.00. The van der Waals surface area contributed by atoms with Gasteiger partial charge in [-0.1, -0.05) is 25.5 Å². The summed E-state index contributed by atoms with van der Waals surface area (Å²) in [6, 6.07) is 6.47. The molecule has 1 aromatic heterocycles. The lowest BCUT2D eigenvalue weighted by Gasteiger charge is -2.11. The zero-order chi connectivity index (χ0) is 12.3. The molecular weight excluding hydrogens is 323 g/mol. The van der Waals surface area contributed by atoms with Gasteiger partial charge in [0.25, 0.3) is 0 Å². The monoisotopic (exact) mass is 340 g/mol. The number of rotatable bonds is 4. The van der Waals surface area contributed by atoms with Gasteiger partial charge in [0.1, 0.15) is 5.82 Å². The Morgan fingerprint density at radius 1 is 1.35 bits per heavy atom. The molecule has 0 atom stereocenters. The maximum atomic E-state index is 4.46. The predicted octanol–water partition coefficient (Wildman–Crippen LogP) is 4.03. The molecule has 2 aromatic rings. The highest BCUT2D eigenvalue weighted by molar-refractivity contribution is 14.1. The minimum Gasteiger partial charge on any atom is -0.334 e. The quantitative estimate of drug-likeness (QED) is 0.769. The number of nitrogens with zero attached hydrogens (tertiary/aromatic N) is 2. The second kappa shape index (κ2) is 5.67. The molecule has 0 bridgehead atoms. The van der Waals surface area contributed by atoms with Crippen molar-refractivity contribution in [2.75, 3.05) is 0 Å². The van der Waals surface area contributed by atoms with Gasteiger partial charge in [-0.3, -0.25) is 0 Å².